The predicted molar refractivity (Wildman–Crippen MR) is 103 cm³/mol. The number of hydrogen-bond donors (Lipinski definition) is 2. The van der Waals surface area contributed by atoms with Crippen LogP contribution >= 0.6 is 11.6 Å². The molecule has 3 aromatic rings. The summed E-state index contributed by atoms with van der Waals surface area (Å²) in [6, 6.07) is 18.3. The molecule has 0 unspecified atom stereocenters. The summed E-state index contributed by atoms with van der Waals surface area (Å²) < 4.78 is 19.2. The van der Waals surface area contributed by atoms with E-state index in [-0.39, 0.29) is 18.0 Å². The highest BCUT2D eigenvalue weighted by Crippen LogP contribution is 2.27. The van der Waals surface area contributed by atoms with Crippen molar-refractivity contribution in [3.8, 4) is 5.75 Å². The highest BCUT2D eigenvalue weighted by Gasteiger charge is 2.07. The number of carboxylic acid groups (broad SMARTS) is 1. The molecule has 0 saturated carbocycles. The standard InChI is InChI=1S/C21H17ClFNO3/c22-18-10-14(12-24-17-6-3-5-15(11-17)21(25)26)8-9-20(18)27-13-16-4-1-2-7-19(16)23/h1-11,24H,12-13H2,(H,25,26). The lowest BCUT2D eigenvalue weighted by Gasteiger charge is -2.11. The Bertz CT molecular complexity index is 962. The number of nitrogens with one attached hydrogen (secondary N) is 1. The van der Waals surface area contributed by atoms with Gasteiger partial charge in [-0.25, -0.2) is 9.18 Å². The smallest absolute Gasteiger partial charge is 0.335 e. The molecular formula is C21H17ClFNO3. The zero-order valence-electron chi connectivity index (χ0n) is 14.3. The number of aromatic carboxylic acids is 1. The summed E-state index contributed by atoms with van der Waals surface area (Å²) in [5, 5.41) is 12.6. The third kappa shape index (κ3) is 4.99. The Morgan fingerprint density at radius 2 is 1.89 bits per heavy atom. The summed E-state index contributed by atoms with van der Waals surface area (Å²) in [5.41, 5.74) is 2.28. The Kier molecular flexibility index (Phi) is 5.94. The van der Waals surface area contributed by atoms with E-state index in [0.717, 1.165) is 5.56 Å². The molecule has 3 rings (SSSR count). The molecule has 0 heterocycles. The normalized spacial score (nSPS) is 10.4. The first-order valence-corrected chi connectivity index (χ1v) is 8.62. The van der Waals surface area contributed by atoms with Gasteiger partial charge in [-0.05, 0) is 42.0 Å². The van der Waals surface area contributed by atoms with Gasteiger partial charge in [0.1, 0.15) is 18.2 Å². The minimum Gasteiger partial charge on any atom is -0.487 e. The van der Waals surface area contributed by atoms with Crippen LogP contribution in [-0.4, -0.2) is 11.1 Å². The summed E-state index contributed by atoms with van der Waals surface area (Å²) in [6.45, 7) is 0.558. The SMILES string of the molecule is O=C(O)c1cccc(NCc2ccc(OCc3ccccc3F)c(Cl)c2)c1. The molecule has 0 bridgehead atoms. The van der Waals surface area contributed by atoms with Gasteiger partial charge in [-0.3, -0.25) is 0 Å². The third-order valence-electron chi connectivity index (χ3n) is 3.94. The quantitative estimate of drug-likeness (QED) is 0.574. The van der Waals surface area contributed by atoms with Crippen molar-refractivity contribution in [3.05, 3.63) is 94.3 Å². The monoisotopic (exact) mass is 385 g/mol. The first-order valence-electron chi connectivity index (χ1n) is 8.25. The number of carboxylic acids is 1. The molecule has 0 aromatic heterocycles. The summed E-state index contributed by atoms with van der Waals surface area (Å²) in [4.78, 5) is 11.0. The summed E-state index contributed by atoms with van der Waals surface area (Å²) in [7, 11) is 0. The molecule has 0 radical (unpaired) electrons. The van der Waals surface area contributed by atoms with E-state index in [1.165, 1.54) is 12.1 Å². The second-order valence-electron chi connectivity index (χ2n) is 5.88. The van der Waals surface area contributed by atoms with Crippen molar-refractivity contribution >= 4 is 23.3 Å². The highest BCUT2D eigenvalue weighted by molar-refractivity contribution is 6.32. The van der Waals surface area contributed by atoms with E-state index < -0.39 is 5.97 Å². The second kappa shape index (κ2) is 8.56. The van der Waals surface area contributed by atoms with E-state index in [4.69, 9.17) is 21.4 Å². The molecule has 27 heavy (non-hydrogen) atoms. The van der Waals surface area contributed by atoms with Crippen molar-refractivity contribution in [3.63, 3.8) is 0 Å². The van der Waals surface area contributed by atoms with Gasteiger partial charge < -0.3 is 15.2 Å². The van der Waals surface area contributed by atoms with E-state index in [9.17, 15) is 9.18 Å². The number of halogens is 2. The van der Waals surface area contributed by atoms with Crippen LogP contribution in [0, 0.1) is 5.82 Å². The van der Waals surface area contributed by atoms with Crippen molar-refractivity contribution < 1.29 is 19.0 Å². The van der Waals surface area contributed by atoms with Gasteiger partial charge in [-0.15, -0.1) is 0 Å². The van der Waals surface area contributed by atoms with Crippen LogP contribution in [0.25, 0.3) is 0 Å². The number of benzene rings is 3. The Hall–Kier alpha value is -3.05. The van der Waals surface area contributed by atoms with Gasteiger partial charge in [0.15, 0.2) is 0 Å². The zero-order chi connectivity index (χ0) is 19.2. The number of ether oxygens (including phenoxy) is 1. The minimum absolute atomic E-state index is 0.0893. The fourth-order valence-electron chi connectivity index (χ4n) is 2.51. The van der Waals surface area contributed by atoms with Gasteiger partial charge in [-0.1, -0.05) is 41.9 Å². The molecule has 3 aromatic carbocycles. The predicted octanol–water partition coefficient (Wildman–Crippen LogP) is 5.37. The van der Waals surface area contributed by atoms with E-state index in [0.29, 0.717) is 28.6 Å². The number of hydrogen-bond acceptors (Lipinski definition) is 3. The third-order valence-corrected chi connectivity index (χ3v) is 4.24. The minimum atomic E-state index is -0.974. The van der Waals surface area contributed by atoms with Gasteiger partial charge in [0.25, 0.3) is 0 Å². The first kappa shape index (κ1) is 18.7. The van der Waals surface area contributed by atoms with Gasteiger partial charge in [0.2, 0.25) is 0 Å². The van der Waals surface area contributed by atoms with Crippen molar-refractivity contribution in [2.24, 2.45) is 0 Å². The van der Waals surface area contributed by atoms with Gasteiger partial charge in [0, 0.05) is 17.8 Å². The topological polar surface area (TPSA) is 58.6 Å². The number of carbonyl (C=O) groups is 1. The average Bonchev–Trinajstić information content (AvgIpc) is 2.67. The maximum atomic E-state index is 13.6. The number of anilines is 1. The van der Waals surface area contributed by atoms with E-state index >= 15 is 0 Å². The molecule has 0 aliphatic rings. The Morgan fingerprint density at radius 3 is 2.63 bits per heavy atom. The fourth-order valence-corrected chi connectivity index (χ4v) is 2.77. The molecule has 0 saturated heterocycles. The van der Waals surface area contributed by atoms with Crippen LogP contribution in [0.15, 0.2) is 66.7 Å². The molecular weight excluding hydrogens is 369 g/mol. The average molecular weight is 386 g/mol. The molecule has 2 N–H and O–H groups in total. The van der Waals surface area contributed by atoms with Gasteiger partial charge in [0.05, 0.1) is 10.6 Å². The maximum Gasteiger partial charge on any atom is 0.335 e. The van der Waals surface area contributed by atoms with Crippen LogP contribution in [0.3, 0.4) is 0 Å². The molecule has 4 nitrogen and oxygen atoms in total. The maximum absolute atomic E-state index is 13.6. The Labute approximate surface area is 161 Å². The van der Waals surface area contributed by atoms with Crippen molar-refractivity contribution in [2.75, 3.05) is 5.32 Å². The van der Waals surface area contributed by atoms with Crippen molar-refractivity contribution in [1.82, 2.24) is 0 Å². The van der Waals surface area contributed by atoms with Gasteiger partial charge in [-0.2, -0.15) is 0 Å². The summed E-state index contributed by atoms with van der Waals surface area (Å²) >= 11 is 6.26. The molecule has 6 heteroatoms. The zero-order valence-corrected chi connectivity index (χ0v) is 15.0. The molecule has 138 valence electrons. The molecule has 0 spiro atoms. The van der Waals surface area contributed by atoms with Crippen LogP contribution in [0.2, 0.25) is 5.02 Å². The molecule has 0 atom stereocenters. The molecule has 0 aliphatic carbocycles. The fraction of sp³-hybridized carbons (Fsp3) is 0.0952. The molecule has 0 fully saturated rings. The van der Waals surface area contributed by atoms with E-state index in [2.05, 4.69) is 5.32 Å². The first-order chi connectivity index (χ1) is 13.0. The molecule has 0 amide bonds. The number of rotatable bonds is 7. The van der Waals surface area contributed by atoms with Crippen LogP contribution in [0.5, 0.6) is 5.75 Å². The van der Waals surface area contributed by atoms with Crippen molar-refractivity contribution in [1.29, 1.82) is 0 Å². The van der Waals surface area contributed by atoms with Crippen LogP contribution < -0.4 is 10.1 Å². The lowest BCUT2D eigenvalue weighted by molar-refractivity contribution is 0.0697. The highest BCUT2D eigenvalue weighted by atomic mass is 35.5. The van der Waals surface area contributed by atoms with Crippen molar-refractivity contribution in [2.45, 2.75) is 13.2 Å². The van der Waals surface area contributed by atoms with E-state index in [1.807, 2.05) is 6.07 Å². The Balaban J connectivity index is 1.62. The summed E-state index contributed by atoms with van der Waals surface area (Å²) in [5.74, 6) is -0.826. The van der Waals surface area contributed by atoms with E-state index in [1.54, 1.807) is 48.5 Å². The van der Waals surface area contributed by atoms with Crippen LogP contribution in [0.1, 0.15) is 21.5 Å². The lowest BCUT2D eigenvalue weighted by atomic mass is 10.2. The second-order valence-corrected chi connectivity index (χ2v) is 6.29. The van der Waals surface area contributed by atoms with Gasteiger partial charge >= 0.3 is 5.97 Å². The lowest BCUT2D eigenvalue weighted by Crippen LogP contribution is -2.03. The van der Waals surface area contributed by atoms with Crippen LogP contribution in [-0.2, 0) is 13.2 Å². The largest absolute Gasteiger partial charge is 0.487 e. The molecule has 0 aliphatic heterocycles. The summed E-state index contributed by atoms with van der Waals surface area (Å²) in [6.07, 6.45) is 0. The Morgan fingerprint density at radius 1 is 1.07 bits per heavy atom. The van der Waals surface area contributed by atoms with Crippen LogP contribution in [0.4, 0.5) is 10.1 Å².